The van der Waals surface area contributed by atoms with Crippen molar-refractivity contribution in [2.24, 2.45) is 11.8 Å². The zero-order valence-electron chi connectivity index (χ0n) is 10.9. The van der Waals surface area contributed by atoms with Gasteiger partial charge in [0, 0.05) is 12.2 Å². The fourth-order valence-electron chi connectivity index (χ4n) is 2.55. The maximum Gasteiger partial charge on any atom is 0.270 e. The van der Waals surface area contributed by atoms with Crippen molar-refractivity contribution in [2.45, 2.75) is 33.1 Å². The first kappa shape index (κ1) is 12.8. The molecule has 5 heteroatoms. The first-order valence-electron chi connectivity index (χ1n) is 6.44. The number of hydrogen-bond donors (Lipinski definition) is 2. The van der Waals surface area contributed by atoms with Crippen molar-refractivity contribution in [2.75, 3.05) is 12.3 Å². The fourth-order valence-corrected chi connectivity index (χ4v) is 2.55. The topological polar surface area (TPSA) is 80.9 Å². The van der Waals surface area contributed by atoms with Crippen LogP contribution in [0.25, 0.3) is 0 Å². The van der Waals surface area contributed by atoms with Gasteiger partial charge in [-0.25, -0.2) is 9.97 Å². The predicted molar refractivity (Wildman–Crippen MR) is 70.0 cm³/mol. The lowest BCUT2D eigenvalue weighted by Gasteiger charge is -2.11. The molecule has 0 radical (unpaired) electrons. The number of nitrogens with two attached hydrogens (primary N) is 1. The van der Waals surface area contributed by atoms with Crippen LogP contribution < -0.4 is 11.1 Å². The number of anilines is 1. The van der Waals surface area contributed by atoms with Gasteiger partial charge in [-0.2, -0.15) is 0 Å². The fraction of sp³-hybridized carbons (Fsp3) is 0.615. The van der Waals surface area contributed by atoms with Gasteiger partial charge in [0.25, 0.3) is 5.91 Å². The van der Waals surface area contributed by atoms with Crippen LogP contribution in [0.3, 0.4) is 0 Å². The summed E-state index contributed by atoms with van der Waals surface area (Å²) in [4.78, 5) is 19.8. The van der Waals surface area contributed by atoms with Crippen LogP contribution in [-0.2, 0) is 0 Å². The van der Waals surface area contributed by atoms with E-state index >= 15 is 0 Å². The van der Waals surface area contributed by atoms with E-state index in [1.807, 2.05) is 0 Å². The molecular formula is C13H20N4O. The van der Waals surface area contributed by atoms with Gasteiger partial charge in [0.15, 0.2) is 0 Å². The normalized spacial score (nSPS) is 23.0. The number of carbonyl (C=O) groups excluding carboxylic acids is 1. The Kier molecular flexibility index (Phi) is 3.79. The molecule has 18 heavy (non-hydrogen) atoms. The summed E-state index contributed by atoms with van der Waals surface area (Å²) in [6.45, 7) is 4.79. The van der Waals surface area contributed by atoms with Crippen molar-refractivity contribution in [3.63, 3.8) is 0 Å². The summed E-state index contributed by atoms with van der Waals surface area (Å²) in [5.41, 5.74) is 6.59. The molecule has 98 valence electrons. The van der Waals surface area contributed by atoms with Crippen molar-refractivity contribution in [3.8, 4) is 0 Å². The number of rotatable bonds is 3. The summed E-state index contributed by atoms with van der Waals surface area (Å²) < 4.78 is 0. The molecule has 1 aliphatic rings. The molecular weight excluding hydrogens is 228 g/mol. The highest BCUT2D eigenvalue weighted by Crippen LogP contribution is 2.29. The van der Waals surface area contributed by atoms with Gasteiger partial charge in [0.1, 0.15) is 5.69 Å². The van der Waals surface area contributed by atoms with E-state index in [0.29, 0.717) is 17.3 Å². The highest BCUT2D eigenvalue weighted by molar-refractivity contribution is 5.92. The Balaban J connectivity index is 1.91. The molecule has 1 amide bonds. The molecule has 3 N–H and O–H groups in total. The van der Waals surface area contributed by atoms with Crippen molar-refractivity contribution in [1.82, 2.24) is 15.3 Å². The van der Waals surface area contributed by atoms with Crippen molar-refractivity contribution in [3.05, 3.63) is 17.5 Å². The molecule has 1 heterocycles. The van der Waals surface area contributed by atoms with Gasteiger partial charge in [-0.1, -0.05) is 13.3 Å². The molecule has 1 fully saturated rings. The molecule has 0 bridgehead atoms. The first-order valence-corrected chi connectivity index (χ1v) is 6.44. The van der Waals surface area contributed by atoms with Crippen LogP contribution in [0.5, 0.6) is 0 Å². The summed E-state index contributed by atoms with van der Waals surface area (Å²) >= 11 is 0. The van der Waals surface area contributed by atoms with Crippen molar-refractivity contribution < 1.29 is 4.79 Å². The number of aromatic nitrogens is 2. The highest BCUT2D eigenvalue weighted by Gasteiger charge is 2.22. The maximum absolute atomic E-state index is 11.9. The van der Waals surface area contributed by atoms with Gasteiger partial charge in [0.2, 0.25) is 5.95 Å². The molecule has 2 atom stereocenters. The zero-order chi connectivity index (χ0) is 13.1. The third-order valence-electron chi connectivity index (χ3n) is 3.46. The number of carbonyl (C=O) groups is 1. The van der Waals surface area contributed by atoms with E-state index in [9.17, 15) is 4.79 Å². The van der Waals surface area contributed by atoms with Crippen LogP contribution in [0, 0.1) is 18.8 Å². The molecule has 1 saturated carbocycles. The summed E-state index contributed by atoms with van der Waals surface area (Å²) in [6, 6.07) is 1.66. The van der Waals surface area contributed by atoms with Crippen LogP contribution in [0.15, 0.2) is 6.07 Å². The zero-order valence-corrected chi connectivity index (χ0v) is 10.9. The molecule has 5 nitrogen and oxygen atoms in total. The lowest BCUT2D eigenvalue weighted by Crippen LogP contribution is -2.29. The standard InChI is InChI=1S/C13H20N4O/c1-8-3-4-10(5-8)7-15-12(18)11-6-9(2)16-13(14)17-11/h6,8,10H,3-5,7H2,1-2H3,(H,15,18)(H2,14,16,17). The van der Waals surface area contributed by atoms with Gasteiger partial charge in [0.05, 0.1) is 0 Å². The Labute approximate surface area is 107 Å². The molecule has 1 aliphatic carbocycles. The van der Waals surface area contributed by atoms with E-state index < -0.39 is 0 Å². The third kappa shape index (κ3) is 3.18. The van der Waals surface area contributed by atoms with Crippen LogP contribution in [0.4, 0.5) is 5.95 Å². The summed E-state index contributed by atoms with van der Waals surface area (Å²) in [5.74, 6) is 1.37. The Hall–Kier alpha value is -1.65. The quantitative estimate of drug-likeness (QED) is 0.850. The third-order valence-corrected chi connectivity index (χ3v) is 3.46. The monoisotopic (exact) mass is 248 g/mol. The average Bonchev–Trinajstić information content (AvgIpc) is 2.70. The second kappa shape index (κ2) is 5.33. The first-order chi connectivity index (χ1) is 8.54. The Morgan fingerprint density at radius 1 is 1.50 bits per heavy atom. The van der Waals surface area contributed by atoms with Gasteiger partial charge in [-0.3, -0.25) is 4.79 Å². The van der Waals surface area contributed by atoms with E-state index in [-0.39, 0.29) is 11.9 Å². The van der Waals surface area contributed by atoms with E-state index in [0.717, 1.165) is 12.5 Å². The smallest absolute Gasteiger partial charge is 0.270 e. The second-order valence-corrected chi connectivity index (χ2v) is 5.25. The average molecular weight is 248 g/mol. The Morgan fingerprint density at radius 3 is 2.89 bits per heavy atom. The number of hydrogen-bond acceptors (Lipinski definition) is 4. The maximum atomic E-state index is 11.9. The number of amides is 1. The summed E-state index contributed by atoms with van der Waals surface area (Å²) in [5, 5.41) is 2.93. The Morgan fingerprint density at radius 2 is 2.28 bits per heavy atom. The number of nitrogens with one attached hydrogen (secondary N) is 1. The van der Waals surface area contributed by atoms with Gasteiger partial charge >= 0.3 is 0 Å². The molecule has 2 rings (SSSR count). The van der Waals surface area contributed by atoms with E-state index in [4.69, 9.17) is 5.73 Å². The predicted octanol–water partition coefficient (Wildman–Crippen LogP) is 1.53. The molecule has 0 saturated heterocycles. The van der Waals surface area contributed by atoms with Crippen molar-refractivity contribution >= 4 is 11.9 Å². The summed E-state index contributed by atoms with van der Waals surface area (Å²) in [6.07, 6.45) is 3.66. The largest absolute Gasteiger partial charge is 0.368 e. The van der Waals surface area contributed by atoms with E-state index in [1.54, 1.807) is 13.0 Å². The Bertz CT molecular complexity index is 426. The van der Waals surface area contributed by atoms with Gasteiger partial charge in [-0.05, 0) is 37.7 Å². The molecule has 1 aromatic heterocycles. The van der Waals surface area contributed by atoms with Crippen LogP contribution in [0.1, 0.15) is 42.4 Å². The number of aryl methyl sites for hydroxylation is 1. The molecule has 0 spiro atoms. The lowest BCUT2D eigenvalue weighted by atomic mass is 10.1. The molecule has 0 aromatic carbocycles. The SMILES string of the molecule is Cc1cc(C(=O)NCC2CCC(C)C2)nc(N)n1. The van der Waals surface area contributed by atoms with Crippen LogP contribution in [-0.4, -0.2) is 22.4 Å². The number of nitrogen functional groups attached to an aromatic ring is 1. The number of nitrogens with zero attached hydrogens (tertiary/aromatic N) is 2. The van der Waals surface area contributed by atoms with Crippen molar-refractivity contribution in [1.29, 1.82) is 0 Å². The lowest BCUT2D eigenvalue weighted by molar-refractivity contribution is 0.0942. The van der Waals surface area contributed by atoms with Gasteiger partial charge < -0.3 is 11.1 Å². The van der Waals surface area contributed by atoms with Crippen LogP contribution >= 0.6 is 0 Å². The minimum atomic E-state index is -0.160. The highest BCUT2D eigenvalue weighted by atomic mass is 16.1. The van der Waals surface area contributed by atoms with Crippen LogP contribution in [0.2, 0.25) is 0 Å². The van der Waals surface area contributed by atoms with E-state index in [1.165, 1.54) is 19.3 Å². The minimum Gasteiger partial charge on any atom is -0.368 e. The minimum absolute atomic E-state index is 0.148. The molecule has 2 unspecified atom stereocenters. The van der Waals surface area contributed by atoms with Gasteiger partial charge in [-0.15, -0.1) is 0 Å². The second-order valence-electron chi connectivity index (χ2n) is 5.25. The summed E-state index contributed by atoms with van der Waals surface area (Å²) in [7, 11) is 0. The van der Waals surface area contributed by atoms with E-state index in [2.05, 4.69) is 22.2 Å². The molecule has 0 aliphatic heterocycles. The molecule has 1 aromatic rings.